The molecule has 0 spiro atoms. The first-order valence-electron chi connectivity index (χ1n) is 16.0. The lowest BCUT2D eigenvalue weighted by Gasteiger charge is -2.10. The van der Waals surface area contributed by atoms with Gasteiger partial charge in [-0.3, -0.25) is 0 Å². The van der Waals surface area contributed by atoms with Crippen molar-refractivity contribution in [1.29, 1.82) is 0 Å². The molecule has 0 N–H and O–H groups in total. The first-order chi connectivity index (χ1) is 20.6. The first-order valence-corrected chi connectivity index (χ1v) is 16.0. The fraction of sp³-hybridized carbons (Fsp3) is 0.447. The number of allylic oxidation sites excluding steroid dienone is 1. The molecule has 1 atom stereocenters. The summed E-state index contributed by atoms with van der Waals surface area (Å²) in [6.07, 6.45) is 16.6. The van der Waals surface area contributed by atoms with Crippen LogP contribution in [0, 0.1) is 5.92 Å². The zero-order valence-corrected chi connectivity index (χ0v) is 25.8. The predicted molar refractivity (Wildman–Crippen MR) is 175 cm³/mol. The molecular formula is C38H50O4. The van der Waals surface area contributed by atoms with E-state index in [4.69, 9.17) is 14.2 Å². The van der Waals surface area contributed by atoms with Gasteiger partial charge in [0.05, 0.1) is 18.8 Å². The molecule has 4 nitrogen and oxygen atoms in total. The van der Waals surface area contributed by atoms with E-state index in [9.17, 15) is 4.79 Å². The second kappa shape index (κ2) is 19.6. The first kappa shape index (κ1) is 33.0. The Labute approximate surface area is 254 Å². The van der Waals surface area contributed by atoms with Crippen molar-refractivity contribution in [2.75, 3.05) is 13.2 Å². The van der Waals surface area contributed by atoms with Gasteiger partial charge in [0.2, 0.25) is 0 Å². The molecule has 0 aliphatic heterocycles. The monoisotopic (exact) mass is 570 g/mol. The van der Waals surface area contributed by atoms with Crippen LogP contribution in [0.1, 0.15) is 101 Å². The summed E-state index contributed by atoms with van der Waals surface area (Å²) in [5, 5.41) is 0. The van der Waals surface area contributed by atoms with Gasteiger partial charge >= 0.3 is 5.97 Å². The smallest absolute Gasteiger partial charge is 0.343 e. The molecule has 3 rings (SSSR count). The lowest BCUT2D eigenvalue weighted by Crippen LogP contribution is -2.08. The predicted octanol–water partition coefficient (Wildman–Crippen LogP) is 10.9. The number of esters is 1. The Morgan fingerprint density at radius 3 is 1.69 bits per heavy atom. The Hall–Kier alpha value is -3.53. The Balaban J connectivity index is 1.35. The van der Waals surface area contributed by atoms with Gasteiger partial charge in [0.25, 0.3) is 0 Å². The number of benzene rings is 3. The van der Waals surface area contributed by atoms with E-state index in [0.29, 0.717) is 17.9 Å². The number of carbonyl (C=O) groups is 1. The van der Waals surface area contributed by atoms with Crippen molar-refractivity contribution in [3.05, 3.63) is 91.0 Å². The third kappa shape index (κ3) is 12.5. The summed E-state index contributed by atoms with van der Waals surface area (Å²) in [6, 6.07) is 22.9. The van der Waals surface area contributed by atoms with Crippen molar-refractivity contribution >= 4 is 5.97 Å². The molecule has 0 aliphatic carbocycles. The highest BCUT2D eigenvalue weighted by atomic mass is 16.5. The van der Waals surface area contributed by atoms with Crippen molar-refractivity contribution in [1.82, 2.24) is 0 Å². The van der Waals surface area contributed by atoms with E-state index in [0.717, 1.165) is 54.4 Å². The number of ether oxygens (including phenoxy) is 3. The Kier molecular flexibility index (Phi) is 15.4. The number of unbranched alkanes of at least 4 members (excludes halogenated alkanes) is 8. The molecule has 0 aliphatic rings. The molecule has 226 valence electrons. The maximum Gasteiger partial charge on any atom is 0.343 e. The van der Waals surface area contributed by atoms with Gasteiger partial charge in [-0.25, -0.2) is 4.79 Å². The minimum atomic E-state index is -0.381. The minimum absolute atomic E-state index is 0.381. The number of hydrogen-bond donors (Lipinski definition) is 0. The molecule has 3 aromatic carbocycles. The zero-order chi connectivity index (χ0) is 29.8. The highest BCUT2D eigenvalue weighted by molar-refractivity contribution is 5.91. The summed E-state index contributed by atoms with van der Waals surface area (Å²) in [4.78, 5) is 12.6. The Morgan fingerprint density at radius 2 is 1.14 bits per heavy atom. The van der Waals surface area contributed by atoms with Crippen molar-refractivity contribution in [3.63, 3.8) is 0 Å². The average molecular weight is 571 g/mol. The summed E-state index contributed by atoms with van der Waals surface area (Å²) in [6.45, 7) is 9.78. The summed E-state index contributed by atoms with van der Waals surface area (Å²) >= 11 is 0. The van der Waals surface area contributed by atoms with E-state index >= 15 is 0 Å². The quantitative estimate of drug-likeness (QED) is 0.0553. The molecule has 1 unspecified atom stereocenters. The van der Waals surface area contributed by atoms with Gasteiger partial charge in [0.1, 0.15) is 17.2 Å². The molecule has 0 aromatic heterocycles. The van der Waals surface area contributed by atoms with Crippen LogP contribution in [0.4, 0.5) is 0 Å². The largest absolute Gasteiger partial charge is 0.494 e. The third-order valence-electron chi connectivity index (χ3n) is 7.72. The van der Waals surface area contributed by atoms with Crippen LogP contribution >= 0.6 is 0 Å². The van der Waals surface area contributed by atoms with Crippen LogP contribution < -0.4 is 14.2 Å². The molecule has 0 radical (unpaired) electrons. The van der Waals surface area contributed by atoms with E-state index in [2.05, 4.69) is 32.6 Å². The van der Waals surface area contributed by atoms with Crippen LogP contribution in [0.3, 0.4) is 0 Å². The van der Waals surface area contributed by atoms with Gasteiger partial charge in [0, 0.05) is 0 Å². The molecule has 42 heavy (non-hydrogen) atoms. The number of rotatable bonds is 21. The highest BCUT2D eigenvalue weighted by Crippen LogP contribution is 2.25. The summed E-state index contributed by atoms with van der Waals surface area (Å²) in [5.41, 5.74) is 2.64. The van der Waals surface area contributed by atoms with Crippen molar-refractivity contribution in [3.8, 4) is 28.4 Å². The maximum atomic E-state index is 12.6. The van der Waals surface area contributed by atoms with Crippen molar-refractivity contribution in [2.45, 2.75) is 90.9 Å². The molecule has 0 saturated carbocycles. The van der Waals surface area contributed by atoms with Crippen molar-refractivity contribution < 1.29 is 19.0 Å². The average Bonchev–Trinajstić information content (AvgIpc) is 3.02. The van der Waals surface area contributed by atoms with Gasteiger partial charge < -0.3 is 14.2 Å². The van der Waals surface area contributed by atoms with Gasteiger partial charge in [0.15, 0.2) is 0 Å². The van der Waals surface area contributed by atoms with Crippen LogP contribution in [-0.2, 0) is 0 Å². The summed E-state index contributed by atoms with van der Waals surface area (Å²) in [5.74, 6) is 2.61. The minimum Gasteiger partial charge on any atom is -0.494 e. The summed E-state index contributed by atoms with van der Waals surface area (Å²) in [7, 11) is 0. The zero-order valence-electron chi connectivity index (χ0n) is 25.8. The van der Waals surface area contributed by atoms with Crippen LogP contribution in [0.15, 0.2) is 85.5 Å². The van der Waals surface area contributed by atoms with Crippen LogP contribution in [0.2, 0.25) is 0 Å². The Morgan fingerprint density at radius 1 is 0.667 bits per heavy atom. The van der Waals surface area contributed by atoms with E-state index < -0.39 is 0 Å². The molecule has 0 heterocycles. The number of hydrogen-bond acceptors (Lipinski definition) is 4. The highest BCUT2D eigenvalue weighted by Gasteiger charge is 2.10. The lowest BCUT2D eigenvalue weighted by atomic mass is 10.0. The van der Waals surface area contributed by atoms with Crippen LogP contribution in [0.5, 0.6) is 17.2 Å². The fourth-order valence-electron chi connectivity index (χ4n) is 4.77. The molecule has 4 heteroatoms. The van der Waals surface area contributed by atoms with Gasteiger partial charge in [-0.2, -0.15) is 0 Å². The van der Waals surface area contributed by atoms with Gasteiger partial charge in [-0.1, -0.05) is 95.6 Å². The maximum absolute atomic E-state index is 12.6. The van der Waals surface area contributed by atoms with E-state index in [1.54, 1.807) is 12.1 Å². The van der Waals surface area contributed by atoms with Crippen LogP contribution in [-0.4, -0.2) is 19.2 Å². The molecule has 3 aromatic rings. The second-order valence-electron chi connectivity index (χ2n) is 11.2. The fourth-order valence-corrected chi connectivity index (χ4v) is 4.77. The van der Waals surface area contributed by atoms with E-state index in [1.165, 1.54) is 57.8 Å². The number of carbonyl (C=O) groups excluding carboxylic acids is 1. The third-order valence-corrected chi connectivity index (χ3v) is 7.72. The van der Waals surface area contributed by atoms with Gasteiger partial charge in [-0.15, -0.1) is 6.58 Å². The standard InChI is InChI=1S/C38H50O4/c1-4-6-7-8-9-10-11-14-29-40-35-23-17-32(18-24-35)33-19-27-37(28-20-33)42-38(39)34-21-25-36(26-22-34)41-30-15-12-13-16-31(3)5-2/h4,17-28,31H,1,5-16,29-30H2,2-3H3. The molecule has 0 saturated heterocycles. The molecular weight excluding hydrogens is 520 g/mol. The van der Waals surface area contributed by atoms with Crippen molar-refractivity contribution in [2.24, 2.45) is 5.92 Å². The molecule has 0 bridgehead atoms. The Bertz CT molecular complexity index is 1150. The van der Waals surface area contributed by atoms with E-state index in [-0.39, 0.29) is 5.97 Å². The normalized spacial score (nSPS) is 11.6. The van der Waals surface area contributed by atoms with Crippen LogP contribution in [0.25, 0.3) is 11.1 Å². The lowest BCUT2D eigenvalue weighted by molar-refractivity contribution is 0.0734. The molecule has 0 amide bonds. The topological polar surface area (TPSA) is 44.8 Å². The SMILES string of the molecule is C=CCCCCCCCCOc1ccc(-c2ccc(OC(=O)c3ccc(OCCCCCC(C)CC)cc3)cc2)cc1. The summed E-state index contributed by atoms with van der Waals surface area (Å²) < 4.78 is 17.4. The van der Waals surface area contributed by atoms with E-state index in [1.807, 2.05) is 54.6 Å². The molecule has 0 fully saturated rings. The van der Waals surface area contributed by atoms with Gasteiger partial charge in [-0.05, 0) is 91.3 Å². The second-order valence-corrected chi connectivity index (χ2v) is 11.2.